The summed E-state index contributed by atoms with van der Waals surface area (Å²) in [6.07, 6.45) is 1.23. The first-order valence-electron chi connectivity index (χ1n) is 7.93. The van der Waals surface area contributed by atoms with E-state index in [1.54, 1.807) is 30.3 Å². The van der Waals surface area contributed by atoms with Crippen LogP contribution < -0.4 is 5.43 Å². The number of halogens is 1. The zero-order chi connectivity index (χ0) is 19.2. The third-order valence-electron chi connectivity index (χ3n) is 3.68. The van der Waals surface area contributed by atoms with Gasteiger partial charge in [0.2, 0.25) is 5.91 Å². The van der Waals surface area contributed by atoms with Gasteiger partial charge in [0.1, 0.15) is 11.5 Å². The normalized spacial score (nSPS) is 10.9. The van der Waals surface area contributed by atoms with Crippen molar-refractivity contribution in [2.45, 2.75) is 6.42 Å². The molecule has 1 amide bonds. The van der Waals surface area contributed by atoms with Gasteiger partial charge in [-0.15, -0.1) is 0 Å². The molecular formula is C19H14BrN3O4. The fourth-order valence-electron chi connectivity index (χ4n) is 2.41. The molecule has 3 aromatic rings. The number of nitro groups is 1. The monoisotopic (exact) mass is 427 g/mol. The average Bonchev–Trinajstić information content (AvgIpc) is 3.11. The van der Waals surface area contributed by atoms with Crippen LogP contribution in [0.1, 0.15) is 11.3 Å². The fraction of sp³-hybridized carbons (Fsp3) is 0.0526. The molecule has 1 aromatic heterocycles. The van der Waals surface area contributed by atoms with Crippen LogP contribution in [0.4, 0.5) is 5.69 Å². The van der Waals surface area contributed by atoms with Crippen LogP contribution >= 0.6 is 15.9 Å². The van der Waals surface area contributed by atoms with Crippen molar-refractivity contribution in [2.75, 3.05) is 0 Å². The van der Waals surface area contributed by atoms with Crippen molar-refractivity contribution < 1.29 is 14.1 Å². The van der Waals surface area contributed by atoms with E-state index >= 15 is 0 Å². The van der Waals surface area contributed by atoms with Crippen molar-refractivity contribution in [2.24, 2.45) is 5.10 Å². The lowest BCUT2D eigenvalue weighted by atomic mass is 10.1. The number of nitrogens with zero attached hydrogens (tertiary/aromatic N) is 2. The molecule has 0 bridgehead atoms. The number of nitro benzene ring substituents is 1. The molecular weight excluding hydrogens is 414 g/mol. The first-order chi connectivity index (χ1) is 13.0. The number of nitrogens with one attached hydrogen (secondary N) is 1. The molecule has 136 valence electrons. The molecule has 0 atom stereocenters. The summed E-state index contributed by atoms with van der Waals surface area (Å²) in [5.74, 6) is 0.689. The van der Waals surface area contributed by atoms with Crippen LogP contribution in [0.3, 0.4) is 0 Å². The van der Waals surface area contributed by atoms with Gasteiger partial charge in [-0.3, -0.25) is 14.9 Å². The lowest BCUT2D eigenvalue weighted by Gasteiger charge is -2.01. The fourth-order valence-corrected chi connectivity index (χ4v) is 2.67. The van der Waals surface area contributed by atoms with Crippen LogP contribution in [0, 0.1) is 10.1 Å². The van der Waals surface area contributed by atoms with Gasteiger partial charge in [-0.1, -0.05) is 46.3 Å². The van der Waals surface area contributed by atoms with E-state index in [4.69, 9.17) is 4.42 Å². The number of hydrogen-bond acceptors (Lipinski definition) is 5. The summed E-state index contributed by atoms with van der Waals surface area (Å²) >= 11 is 3.38. The van der Waals surface area contributed by atoms with Gasteiger partial charge in [0.05, 0.1) is 17.6 Å². The smallest absolute Gasteiger partial charge is 0.273 e. The van der Waals surface area contributed by atoms with E-state index in [2.05, 4.69) is 26.5 Å². The molecule has 8 heteroatoms. The summed E-state index contributed by atoms with van der Waals surface area (Å²) in [6, 6.07) is 17.3. The third kappa shape index (κ3) is 4.89. The van der Waals surface area contributed by atoms with Crippen LogP contribution in [-0.4, -0.2) is 17.0 Å². The van der Waals surface area contributed by atoms with E-state index in [0.29, 0.717) is 17.1 Å². The molecule has 0 aliphatic heterocycles. The first kappa shape index (κ1) is 18.5. The van der Waals surface area contributed by atoms with Crippen molar-refractivity contribution in [1.29, 1.82) is 0 Å². The van der Waals surface area contributed by atoms with Crippen molar-refractivity contribution in [3.8, 4) is 11.3 Å². The molecule has 0 aliphatic carbocycles. The van der Waals surface area contributed by atoms with Crippen LogP contribution in [0.15, 0.2) is 74.7 Å². The molecule has 1 heterocycles. The van der Waals surface area contributed by atoms with Gasteiger partial charge in [-0.05, 0) is 24.3 Å². The summed E-state index contributed by atoms with van der Waals surface area (Å²) in [4.78, 5) is 22.4. The Hall–Kier alpha value is -3.26. The lowest BCUT2D eigenvalue weighted by molar-refractivity contribution is -0.385. The lowest BCUT2D eigenvalue weighted by Crippen LogP contribution is -2.20. The quantitative estimate of drug-likeness (QED) is 0.359. The Morgan fingerprint density at radius 2 is 1.89 bits per heavy atom. The molecule has 0 fully saturated rings. The summed E-state index contributed by atoms with van der Waals surface area (Å²) in [6.45, 7) is 0. The Bertz CT molecular complexity index is 996. The van der Waals surface area contributed by atoms with Gasteiger partial charge in [-0.25, -0.2) is 5.43 Å². The third-order valence-corrected chi connectivity index (χ3v) is 4.20. The Labute approximate surface area is 163 Å². The standard InChI is InChI=1S/C19H14BrN3O4/c20-15-7-5-13(6-8-15)18-10-9-16(27-18)12-21-22-19(24)11-14-3-1-2-4-17(14)23(25)26/h1-10,12H,11H2,(H,22,24)/b21-12-. The summed E-state index contributed by atoms with van der Waals surface area (Å²) in [5, 5.41) is 14.8. The molecule has 27 heavy (non-hydrogen) atoms. The van der Waals surface area contributed by atoms with Gasteiger partial charge in [-0.2, -0.15) is 5.10 Å². The highest BCUT2D eigenvalue weighted by Crippen LogP contribution is 2.23. The number of rotatable bonds is 6. The number of hydrazone groups is 1. The molecule has 1 N–H and O–H groups in total. The maximum Gasteiger partial charge on any atom is 0.273 e. The van der Waals surface area contributed by atoms with Gasteiger partial charge < -0.3 is 4.42 Å². The Morgan fingerprint density at radius 3 is 2.63 bits per heavy atom. The molecule has 0 spiro atoms. The highest BCUT2D eigenvalue weighted by Gasteiger charge is 2.15. The maximum absolute atomic E-state index is 12.0. The number of carbonyl (C=O) groups is 1. The molecule has 7 nitrogen and oxygen atoms in total. The zero-order valence-corrected chi connectivity index (χ0v) is 15.5. The molecule has 0 unspecified atom stereocenters. The Balaban J connectivity index is 1.60. The molecule has 3 rings (SSSR count). The second-order valence-corrected chi connectivity index (χ2v) is 6.48. The van der Waals surface area contributed by atoms with Gasteiger partial charge >= 0.3 is 0 Å². The number of amides is 1. The summed E-state index contributed by atoms with van der Waals surface area (Å²) in [5.41, 5.74) is 3.49. The molecule has 0 radical (unpaired) electrons. The van der Waals surface area contributed by atoms with E-state index in [0.717, 1.165) is 10.0 Å². The van der Waals surface area contributed by atoms with Crippen molar-refractivity contribution in [3.63, 3.8) is 0 Å². The largest absolute Gasteiger partial charge is 0.455 e. The molecule has 2 aromatic carbocycles. The zero-order valence-electron chi connectivity index (χ0n) is 14.0. The summed E-state index contributed by atoms with van der Waals surface area (Å²) in [7, 11) is 0. The van der Waals surface area contributed by atoms with Crippen LogP contribution in [0.2, 0.25) is 0 Å². The van der Waals surface area contributed by atoms with Gasteiger partial charge in [0, 0.05) is 21.7 Å². The highest BCUT2D eigenvalue weighted by molar-refractivity contribution is 9.10. The van der Waals surface area contributed by atoms with Crippen LogP contribution in [0.5, 0.6) is 0 Å². The van der Waals surface area contributed by atoms with E-state index < -0.39 is 10.8 Å². The number of para-hydroxylation sites is 1. The van der Waals surface area contributed by atoms with Crippen molar-refractivity contribution in [3.05, 3.63) is 86.6 Å². The number of furan rings is 1. The number of benzene rings is 2. The van der Waals surface area contributed by atoms with Crippen LogP contribution in [0.25, 0.3) is 11.3 Å². The highest BCUT2D eigenvalue weighted by atomic mass is 79.9. The van der Waals surface area contributed by atoms with E-state index in [-0.39, 0.29) is 12.1 Å². The van der Waals surface area contributed by atoms with E-state index in [9.17, 15) is 14.9 Å². The van der Waals surface area contributed by atoms with Crippen molar-refractivity contribution >= 4 is 33.7 Å². The Kier molecular flexibility index (Phi) is 5.77. The first-order valence-corrected chi connectivity index (χ1v) is 8.72. The van der Waals surface area contributed by atoms with Gasteiger partial charge in [0.25, 0.3) is 5.69 Å². The molecule has 0 saturated carbocycles. The summed E-state index contributed by atoms with van der Waals surface area (Å²) < 4.78 is 6.63. The van der Waals surface area contributed by atoms with Crippen LogP contribution in [-0.2, 0) is 11.2 Å². The topological polar surface area (TPSA) is 97.7 Å². The minimum Gasteiger partial charge on any atom is -0.455 e. The molecule has 0 aliphatic rings. The van der Waals surface area contributed by atoms with Crippen molar-refractivity contribution in [1.82, 2.24) is 5.43 Å². The molecule has 0 saturated heterocycles. The number of hydrogen-bond donors (Lipinski definition) is 1. The second-order valence-electron chi connectivity index (χ2n) is 5.56. The SMILES string of the molecule is O=C(Cc1ccccc1[N+](=O)[O-])N/N=C\c1ccc(-c2ccc(Br)cc2)o1. The maximum atomic E-state index is 12.0. The number of carbonyl (C=O) groups excluding carboxylic acids is 1. The predicted octanol–water partition coefficient (Wildman–Crippen LogP) is 4.31. The minimum absolute atomic E-state index is 0.0956. The van der Waals surface area contributed by atoms with E-state index in [1.165, 1.54) is 12.3 Å². The second kappa shape index (κ2) is 8.41. The predicted molar refractivity (Wildman–Crippen MR) is 104 cm³/mol. The van der Waals surface area contributed by atoms with E-state index in [1.807, 2.05) is 24.3 Å². The van der Waals surface area contributed by atoms with Gasteiger partial charge in [0.15, 0.2) is 0 Å². The Morgan fingerprint density at radius 1 is 1.15 bits per heavy atom. The average molecular weight is 428 g/mol. The minimum atomic E-state index is -0.515.